The number of tetrazole rings is 1. The molecule has 5 rings (SSSR count). The zero-order chi connectivity index (χ0) is 22.5. The summed E-state index contributed by atoms with van der Waals surface area (Å²) in [5, 5.41) is 22.3. The van der Waals surface area contributed by atoms with E-state index >= 15 is 0 Å². The van der Waals surface area contributed by atoms with Crippen molar-refractivity contribution in [2.45, 2.75) is 19.0 Å². The number of hydrogen-bond donors (Lipinski definition) is 2. The number of fused-ring (bicyclic) bond motifs is 1. The van der Waals surface area contributed by atoms with Gasteiger partial charge >= 0.3 is 0 Å². The maximum absolute atomic E-state index is 13.2. The molecule has 0 saturated heterocycles. The van der Waals surface area contributed by atoms with Gasteiger partial charge in [0.25, 0.3) is 12.4 Å². The highest BCUT2D eigenvalue weighted by Crippen LogP contribution is 2.32. The minimum Gasteiger partial charge on any atom is -0.483 e. The van der Waals surface area contributed by atoms with Gasteiger partial charge in [0.1, 0.15) is 6.33 Å². The molecule has 12 nitrogen and oxygen atoms in total. The summed E-state index contributed by atoms with van der Waals surface area (Å²) < 4.78 is 3.41. The summed E-state index contributed by atoms with van der Waals surface area (Å²) >= 11 is 0. The van der Waals surface area contributed by atoms with E-state index in [9.17, 15) is 4.79 Å². The Bertz CT molecular complexity index is 1180. The SMILES string of the molecule is Cn1cc(C2CN(C(=O)c3ccc(Cn4cnnn4)cc3)Cc3[nH]cnc32)cn1.O=CO. The molecule has 0 bridgehead atoms. The molecule has 164 valence electrons. The molecule has 1 aromatic carbocycles. The van der Waals surface area contributed by atoms with Gasteiger partial charge in [-0.1, -0.05) is 12.1 Å². The van der Waals surface area contributed by atoms with Gasteiger partial charge in [-0.3, -0.25) is 14.3 Å². The molecule has 0 spiro atoms. The number of H-pyrrole nitrogens is 1. The average molecular weight is 435 g/mol. The third-order valence-corrected chi connectivity index (χ3v) is 5.18. The van der Waals surface area contributed by atoms with Gasteiger partial charge in [0, 0.05) is 36.8 Å². The van der Waals surface area contributed by atoms with Crippen LogP contribution in [0.25, 0.3) is 0 Å². The van der Waals surface area contributed by atoms with E-state index in [1.54, 1.807) is 22.0 Å². The number of carbonyl (C=O) groups is 2. The highest BCUT2D eigenvalue weighted by molar-refractivity contribution is 5.94. The first-order valence-corrected chi connectivity index (χ1v) is 9.76. The number of benzene rings is 1. The van der Waals surface area contributed by atoms with Crippen LogP contribution in [0.4, 0.5) is 0 Å². The van der Waals surface area contributed by atoms with E-state index in [0.717, 1.165) is 22.5 Å². The molecule has 4 heterocycles. The Labute approximate surface area is 182 Å². The Kier molecular flexibility index (Phi) is 6.01. The van der Waals surface area contributed by atoms with Crippen molar-refractivity contribution in [3.63, 3.8) is 0 Å². The van der Waals surface area contributed by atoms with E-state index in [2.05, 4.69) is 30.6 Å². The van der Waals surface area contributed by atoms with Crippen molar-refractivity contribution in [3.05, 3.63) is 77.4 Å². The van der Waals surface area contributed by atoms with Gasteiger partial charge in [-0.2, -0.15) is 5.10 Å². The fraction of sp³-hybridized carbons (Fsp3) is 0.250. The lowest BCUT2D eigenvalue weighted by Crippen LogP contribution is -2.38. The molecule has 1 aliphatic rings. The summed E-state index contributed by atoms with van der Waals surface area (Å²) in [7, 11) is 1.89. The third-order valence-electron chi connectivity index (χ3n) is 5.18. The molecule has 0 saturated carbocycles. The molecule has 4 aromatic rings. The second-order valence-electron chi connectivity index (χ2n) is 7.26. The molecule has 3 aromatic heterocycles. The van der Waals surface area contributed by atoms with E-state index in [4.69, 9.17) is 9.90 Å². The van der Waals surface area contributed by atoms with Gasteiger partial charge < -0.3 is 15.0 Å². The summed E-state index contributed by atoms with van der Waals surface area (Å²) in [5.74, 6) is -0.00477. The van der Waals surface area contributed by atoms with Crippen LogP contribution in [0.1, 0.15) is 38.8 Å². The van der Waals surface area contributed by atoms with Crippen molar-refractivity contribution in [2.75, 3.05) is 6.54 Å². The Morgan fingerprint density at radius 2 is 2.09 bits per heavy atom. The van der Waals surface area contributed by atoms with Crippen LogP contribution in [0.3, 0.4) is 0 Å². The zero-order valence-electron chi connectivity index (χ0n) is 17.2. The maximum Gasteiger partial charge on any atom is 0.290 e. The van der Waals surface area contributed by atoms with Crippen molar-refractivity contribution >= 4 is 12.4 Å². The van der Waals surface area contributed by atoms with Crippen molar-refractivity contribution in [3.8, 4) is 0 Å². The molecule has 2 N–H and O–H groups in total. The predicted octanol–water partition coefficient (Wildman–Crippen LogP) is 0.667. The van der Waals surface area contributed by atoms with Crippen LogP contribution >= 0.6 is 0 Å². The predicted molar refractivity (Wildman–Crippen MR) is 110 cm³/mol. The van der Waals surface area contributed by atoms with Gasteiger partial charge in [-0.25, -0.2) is 9.67 Å². The monoisotopic (exact) mass is 435 g/mol. The fourth-order valence-corrected chi connectivity index (χ4v) is 3.73. The van der Waals surface area contributed by atoms with Crippen LogP contribution in [-0.2, 0) is 24.9 Å². The van der Waals surface area contributed by atoms with Crippen molar-refractivity contribution in [1.29, 1.82) is 0 Å². The molecular formula is C20H21N9O3. The number of rotatable bonds is 4. The van der Waals surface area contributed by atoms with Crippen LogP contribution < -0.4 is 0 Å². The van der Waals surface area contributed by atoms with E-state index in [1.807, 2.05) is 48.6 Å². The van der Waals surface area contributed by atoms with E-state index in [-0.39, 0.29) is 18.3 Å². The summed E-state index contributed by atoms with van der Waals surface area (Å²) in [6, 6.07) is 7.56. The zero-order valence-corrected chi connectivity index (χ0v) is 17.2. The van der Waals surface area contributed by atoms with Crippen LogP contribution in [0.2, 0.25) is 0 Å². The number of aromatic amines is 1. The molecule has 32 heavy (non-hydrogen) atoms. The van der Waals surface area contributed by atoms with E-state index in [0.29, 0.717) is 25.2 Å². The van der Waals surface area contributed by atoms with Crippen LogP contribution in [0.15, 0.2) is 49.3 Å². The molecule has 12 heteroatoms. The van der Waals surface area contributed by atoms with Crippen molar-refractivity contribution in [1.82, 2.24) is 44.9 Å². The molecule has 1 unspecified atom stereocenters. The number of carbonyl (C=O) groups excluding carboxylic acids is 1. The van der Waals surface area contributed by atoms with Gasteiger partial charge in [0.15, 0.2) is 0 Å². The molecule has 0 aliphatic carbocycles. The summed E-state index contributed by atoms with van der Waals surface area (Å²) in [4.78, 5) is 31.1. The summed E-state index contributed by atoms with van der Waals surface area (Å²) in [6.45, 7) is 1.39. The minimum atomic E-state index is -0.250. The largest absolute Gasteiger partial charge is 0.483 e. The second-order valence-corrected chi connectivity index (χ2v) is 7.26. The molecule has 1 atom stereocenters. The number of imidazole rings is 1. The number of aryl methyl sites for hydroxylation is 1. The molecule has 0 fully saturated rings. The molecule has 0 radical (unpaired) electrons. The number of aromatic nitrogens is 8. The average Bonchev–Trinajstić information content (AvgIpc) is 3.56. The Hall–Kier alpha value is -4.35. The lowest BCUT2D eigenvalue weighted by atomic mass is 9.92. The van der Waals surface area contributed by atoms with Crippen LogP contribution in [-0.4, -0.2) is 68.9 Å². The number of amides is 1. The van der Waals surface area contributed by atoms with Crippen LogP contribution in [0, 0.1) is 0 Å². The first-order chi connectivity index (χ1) is 15.6. The van der Waals surface area contributed by atoms with Gasteiger partial charge in [0.2, 0.25) is 0 Å². The quantitative estimate of drug-likeness (QED) is 0.444. The van der Waals surface area contributed by atoms with Gasteiger partial charge in [0.05, 0.1) is 37.0 Å². The lowest BCUT2D eigenvalue weighted by molar-refractivity contribution is -0.122. The van der Waals surface area contributed by atoms with Crippen LogP contribution in [0.5, 0.6) is 0 Å². The number of hydrogen-bond acceptors (Lipinski definition) is 7. The first kappa shape index (κ1) is 20.9. The highest BCUT2D eigenvalue weighted by atomic mass is 16.3. The first-order valence-electron chi connectivity index (χ1n) is 9.76. The number of nitrogens with zero attached hydrogens (tertiary/aromatic N) is 8. The molecule has 1 aliphatic heterocycles. The standard InChI is InChI=1S/C19H19N9O.CH2O2/c1-26-8-15(6-23-26)16-9-27(10-17-18(16)21-11-20-17)19(29)14-4-2-13(3-5-14)7-28-12-22-24-25-28;2-1-3/h2-6,8,11-12,16H,7,9-10H2,1H3,(H,20,21);1H,(H,2,3). The minimum absolute atomic E-state index is 0.00161. The van der Waals surface area contributed by atoms with Crippen molar-refractivity contribution < 1.29 is 14.7 Å². The molecule has 1 amide bonds. The van der Waals surface area contributed by atoms with E-state index < -0.39 is 0 Å². The fourth-order valence-electron chi connectivity index (χ4n) is 3.73. The summed E-state index contributed by atoms with van der Waals surface area (Å²) in [5.41, 5.74) is 4.68. The lowest BCUT2D eigenvalue weighted by Gasteiger charge is -2.31. The van der Waals surface area contributed by atoms with Gasteiger partial charge in [-0.05, 0) is 28.1 Å². The smallest absolute Gasteiger partial charge is 0.290 e. The third kappa shape index (κ3) is 4.38. The van der Waals surface area contributed by atoms with Gasteiger partial charge in [-0.15, -0.1) is 5.10 Å². The highest BCUT2D eigenvalue weighted by Gasteiger charge is 2.32. The normalized spacial score (nSPS) is 14.9. The molecular weight excluding hydrogens is 414 g/mol. The van der Waals surface area contributed by atoms with Crippen molar-refractivity contribution in [2.24, 2.45) is 7.05 Å². The number of nitrogens with one attached hydrogen (secondary N) is 1. The Morgan fingerprint density at radius 3 is 2.75 bits per heavy atom. The Balaban J connectivity index is 0.000000775. The maximum atomic E-state index is 13.2. The van der Waals surface area contributed by atoms with E-state index in [1.165, 1.54) is 0 Å². The Morgan fingerprint density at radius 1 is 1.31 bits per heavy atom. The second kappa shape index (κ2) is 9.20. The number of carboxylic acid groups (broad SMARTS) is 1. The summed E-state index contributed by atoms with van der Waals surface area (Å²) in [6.07, 6.45) is 7.07. The topological polar surface area (TPSA) is 148 Å².